The summed E-state index contributed by atoms with van der Waals surface area (Å²) in [4.78, 5) is 21.3. The van der Waals surface area contributed by atoms with Gasteiger partial charge >= 0.3 is 12.1 Å². The van der Waals surface area contributed by atoms with Gasteiger partial charge in [0.2, 0.25) is 0 Å². The lowest BCUT2D eigenvalue weighted by Gasteiger charge is -2.08. The normalized spacial score (nSPS) is 29.2. The number of nitrogens with one attached hydrogen (secondary N) is 3. The third-order valence-corrected chi connectivity index (χ3v) is 1.50. The lowest BCUT2D eigenvalue weighted by atomic mass is 10.5. The lowest BCUT2D eigenvalue weighted by Crippen LogP contribution is -2.39. The molecule has 0 aromatic carbocycles. The third kappa shape index (κ3) is 0.526. The van der Waals surface area contributed by atoms with E-state index in [1.165, 1.54) is 5.01 Å². The largest absolute Gasteiger partial charge is 0.338 e. The summed E-state index contributed by atoms with van der Waals surface area (Å²) >= 11 is 0. The Hall–Kier alpha value is -1.46. The van der Waals surface area contributed by atoms with Crippen molar-refractivity contribution in [3.05, 3.63) is 0 Å². The molecule has 10 heavy (non-hydrogen) atoms. The molecule has 0 spiro atoms. The molecule has 2 aliphatic rings. The van der Waals surface area contributed by atoms with Crippen LogP contribution in [0.25, 0.3) is 0 Å². The molecule has 2 aliphatic heterocycles. The van der Waals surface area contributed by atoms with E-state index in [9.17, 15) is 9.59 Å². The van der Waals surface area contributed by atoms with Crippen LogP contribution < -0.4 is 16.1 Å². The predicted octanol–water partition coefficient (Wildman–Crippen LogP) is -1.43. The van der Waals surface area contributed by atoms with Gasteiger partial charge in [0.25, 0.3) is 0 Å². The van der Waals surface area contributed by atoms with Crippen LogP contribution in [0.15, 0.2) is 0 Å². The fourth-order valence-electron chi connectivity index (χ4n) is 1.04. The summed E-state index contributed by atoms with van der Waals surface area (Å²) in [5.74, 6) is 0. The van der Waals surface area contributed by atoms with Gasteiger partial charge in [-0.05, 0) is 0 Å². The third-order valence-electron chi connectivity index (χ3n) is 1.50. The fraction of sp³-hybridized carbons (Fsp3) is 0.500. The Kier molecular flexibility index (Phi) is 0.814. The number of hydrazine groups is 1. The monoisotopic (exact) mass is 142 g/mol. The van der Waals surface area contributed by atoms with Gasteiger partial charge < -0.3 is 10.6 Å². The minimum atomic E-state index is -0.320. The van der Waals surface area contributed by atoms with E-state index < -0.39 is 0 Å². The zero-order valence-corrected chi connectivity index (χ0v) is 5.05. The highest BCUT2D eigenvalue weighted by atomic mass is 16.2. The van der Waals surface area contributed by atoms with E-state index in [4.69, 9.17) is 0 Å². The van der Waals surface area contributed by atoms with Crippen molar-refractivity contribution in [2.45, 2.75) is 6.17 Å². The van der Waals surface area contributed by atoms with Gasteiger partial charge in [-0.15, -0.1) is 0 Å². The van der Waals surface area contributed by atoms with Crippen molar-refractivity contribution < 1.29 is 9.59 Å². The molecular weight excluding hydrogens is 136 g/mol. The highest BCUT2D eigenvalue weighted by molar-refractivity contribution is 5.85. The van der Waals surface area contributed by atoms with E-state index in [1.54, 1.807) is 0 Å². The van der Waals surface area contributed by atoms with Crippen LogP contribution in [0.5, 0.6) is 0 Å². The zero-order chi connectivity index (χ0) is 7.14. The van der Waals surface area contributed by atoms with Gasteiger partial charge in [0.15, 0.2) is 0 Å². The van der Waals surface area contributed by atoms with Gasteiger partial charge in [0.1, 0.15) is 6.17 Å². The Bertz CT molecular complexity index is 203. The summed E-state index contributed by atoms with van der Waals surface area (Å²) in [7, 11) is 0. The molecule has 6 heteroatoms. The Morgan fingerprint density at radius 2 is 2.30 bits per heavy atom. The molecule has 0 radical (unpaired) electrons. The SMILES string of the molecule is O=C1NC2CNC(=O)N2N1. The predicted molar refractivity (Wildman–Crippen MR) is 30.7 cm³/mol. The maximum absolute atomic E-state index is 10.8. The zero-order valence-electron chi connectivity index (χ0n) is 5.05. The first kappa shape index (κ1) is 5.33. The number of hydrogen-bond acceptors (Lipinski definition) is 2. The molecule has 2 saturated heterocycles. The van der Waals surface area contributed by atoms with E-state index in [1.807, 2.05) is 0 Å². The summed E-state index contributed by atoms with van der Waals surface area (Å²) in [6.45, 7) is 0.470. The number of fused-ring (bicyclic) bond motifs is 1. The average molecular weight is 142 g/mol. The van der Waals surface area contributed by atoms with E-state index in [-0.39, 0.29) is 18.2 Å². The van der Waals surface area contributed by atoms with Crippen LogP contribution in [0.4, 0.5) is 9.59 Å². The molecule has 3 N–H and O–H groups in total. The van der Waals surface area contributed by atoms with E-state index >= 15 is 0 Å². The molecule has 0 saturated carbocycles. The maximum atomic E-state index is 10.8. The summed E-state index contributed by atoms with van der Waals surface area (Å²) < 4.78 is 0. The first-order chi connectivity index (χ1) is 4.77. The highest BCUT2D eigenvalue weighted by Crippen LogP contribution is 2.04. The number of hydrogen-bond donors (Lipinski definition) is 3. The first-order valence-electron chi connectivity index (χ1n) is 2.91. The number of rotatable bonds is 0. The summed E-state index contributed by atoms with van der Waals surface area (Å²) in [5.41, 5.74) is 2.34. The van der Waals surface area contributed by atoms with Crippen LogP contribution in [0.2, 0.25) is 0 Å². The van der Waals surface area contributed by atoms with Crippen molar-refractivity contribution in [3.8, 4) is 0 Å². The van der Waals surface area contributed by atoms with Crippen LogP contribution in [-0.4, -0.2) is 29.8 Å². The average Bonchev–Trinajstić information content (AvgIpc) is 2.35. The number of urea groups is 2. The van der Waals surface area contributed by atoms with Gasteiger partial charge in [-0.1, -0.05) is 0 Å². The Labute approximate surface area is 56.5 Å². The van der Waals surface area contributed by atoms with Crippen molar-refractivity contribution >= 4 is 12.1 Å². The molecule has 1 unspecified atom stereocenters. The Balaban J connectivity index is 2.19. The minimum absolute atomic E-state index is 0.208. The van der Waals surface area contributed by atoms with E-state index in [2.05, 4.69) is 16.1 Å². The summed E-state index contributed by atoms with van der Waals surface area (Å²) in [5, 5.41) is 6.33. The molecule has 0 aromatic rings. The van der Waals surface area contributed by atoms with Crippen LogP contribution in [0.1, 0.15) is 0 Å². The molecule has 1 atom stereocenters. The molecule has 2 rings (SSSR count). The molecule has 2 heterocycles. The molecule has 0 aliphatic carbocycles. The standard InChI is InChI=1S/C4H6N4O2/c9-3-6-2-1-5-4(10)8(2)7-3/h2H,1H2,(H,5,10)(H2,6,7,9). The second kappa shape index (κ2) is 1.53. The second-order valence-corrected chi connectivity index (χ2v) is 2.16. The molecule has 2 fully saturated rings. The minimum Gasteiger partial charge on any atom is -0.332 e. The van der Waals surface area contributed by atoms with Crippen LogP contribution in [0.3, 0.4) is 0 Å². The highest BCUT2D eigenvalue weighted by Gasteiger charge is 2.38. The summed E-state index contributed by atoms with van der Waals surface area (Å²) in [6, 6.07) is -0.580. The van der Waals surface area contributed by atoms with Crippen molar-refractivity contribution in [2.75, 3.05) is 6.54 Å². The van der Waals surface area contributed by atoms with Crippen molar-refractivity contribution in [3.63, 3.8) is 0 Å². The van der Waals surface area contributed by atoms with Gasteiger partial charge in [-0.2, -0.15) is 0 Å². The fourth-order valence-corrected chi connectivity index (χ4v) is 1.04. The van der Waals surface area contributed by atoms with Gasteiger partial charge in [0, 0.05) is 0 Å². The molecule has 54 valence electrons. The topological polar surface area (TPSA) is 73.5 Å². The van der Waals surface area contributed by atoms with E-state index in [0.717, 1.165) is 0 Å². The second-order valence-electron chi connectivity index (χ2n) is 2.16. The van der Waals surface area contributed by atoms with Crippen molar-refractivity contribution in [1.82, 2.24) is 21.1 Å². The van der Waals surface area contributed by atoms with Gasteiger partial charge in [-0.3, -0.25) is 0 Å². The molecule has 0 aromatic heterocycles. The number of nitrogens with zero attached hydrogens (tertiary/aromatic N) is 1. The lowest BCUT2D eigenvalue weighted by molar-refractivity contribution is 0.194. The number of carbonyl (C=O) groups excluding carboxylic acids is 2. The smallest absolute Gasteiger partial charge is 0.332 e. The molecular formula is C4H6N4O2. The van der Waals surface area contributed by atoms with Crippen LogP contribution in [-0.2, 0) is 0 Å². The maximum Gasteiger partial charge on any atom is 0.338 e. The summed E-state index contributed by atoms with van der Waals surface area (Å²) in [6.07, 6.45) is -0.208. The molecule has 6 nitrogen and oxygen atoms in total. The van der Waals surface area contributed by atoms with Crippen molar-refractivity contribution in [1.29, 1.82) is 0 Å². The number of amides is 4. The van der Waals surface area contributed by atoms with Crippen LogP contribution in [0, 0.1) is 0 Å². The van der Waals surface area contributed by atoms with E-state index in [0.29, 0.717) is 6.54 Å². The first-order valence-corrected chi connectivity index (χ1v) is 2.91. The Morgan fingerprint density at radius 1 is 1.50 bits per heavy atom. The molecule has 0 bridgehead atoms. The van der Waals surface area contributed by atoms with Gasteiger partial charge in [0.05, 0.1) is 6.54 Å². The molecule has 4 amide bonds. The van der Waals surface area contributed by atoms with Crippen LogP contribution >= 0.6 is 0 Å². The quantitative estimate of drug-likeness (QED) is 0.387. The van der Waals surface area contributed by atoms with Gasteiger partial charge in [-0.25, -0.2) is 20.0 Å². The van der Waals surface area contributed by atoms with Crippen molar-refractivity contribution in [2.24, 2.45) is 0 Å². The number of carbonyl (C=O) groups is 2. The Morgan fingerprint density at radius 3 is 3.00 bits per heavy atom.